The Kier molecular flexibility index (Phi) is 7.97. The first-order valence-electron chi connectivity index (χ1n) is 14.0. The molecule has 5 rings (SSSR count). The molecule has 2 aromatic carbocycles. The summed E-state index contributed by atoms with van der Waals surface area (Å²) in [5.74, 6) is 1.51. The molecule has 0 bridgehead atoms. The molecule has 1 amide bonds. The second kappa shape index (κ2) is 11.6. The van der Waals surface area contributed by atoms with E-state index in [9.17, 15) is 9.59 Å². The van der Waals surface area contributed by atoms with Gasteiger partial charge in [0.25, 0.3) is 5.56 Å². The lowest BCUT2D eigenvalue weighted by atomic mass is 10.1. The number of piperazine rings is 1. The molecule has 9 heteroatoms. The number of para-hydroxylation sites is 1. The number of rotatable bonds is 9. The maximum absolute atomic E-state index is 13.1. The quantitative estimate of drug-likeness (QED) is 0.358. The van der Waals surface area contributed by atoms with Crippen molar-refractivity contribution in [2.45, 2.75) is 47.1 Å². The summed E-state index contributed by atoms with van der Waals surface area (Å²) in [6, 6.07) is 14.0. The summed E-state index contributed by atoms with van der Waals surface area (Å²) >= 11 is 0. The predicted molar refractivity (Wildman–Crippen MR) is 155 cm³/mol. The van der Waals surface area contributed by atoms with Crippen LogP contribution in [0.2, 0.25) is 0 Å². The average Bonchev–Trinajstić information content (AvgIpc) is 3.36. The lowest BCUT2D eigenvalue weighted by Crippen LogP contribution is -2.48. The van der Waals surface area contributed by atoms with Gasteiger partial charge in [0.15, 0.2) is 0 Å². The van der Waals surface area contributed by atoms with Crippen molar-refractivity contribution >= 4 is 28.3 Å². The van der Waals surface area contributed by atoms with Gasteiger partial charge in [0.2, 0.25) is 11.7 Å². The molecule has 0 unspecified atom stereocenters. The highest BCUT2D eigenvalue weighted by Crippen LogP contribution is 2.23. The highest BCUT2D eigenvalue weighted by molar-refractivity contribution is 5.80. The van der Waals surface area contributed by atoms with Crippen LogP contribution in [0, 0.1) is 19.8 Å². The molecule has 1 fully saturated rings. The van der Waals surface area contributed by atoms with E-state index in [1.54, 1.807) is 4.57 Å². The lowest BCUT2D eigenvalue weighted by Gasteiger charge is -2.37. The van der Waals surface area contributed by atoms with Crippen molar-refractivity contribution in [2.75, 3.05) is 44.2 Å². The zero-order chi connectivity index (χ0) is 27.5. The lowest BCUT2D eigenvalue weighted by molar-refractivity contribution is -0.121. The van der Waals surface area contributed by atoms with Gasteiger partial charge >= 0.3 is 0 Å². The smallest absolute Gasteiger partial charge is 0.262 e. The van der Waals surface area contributed by atoms with Crippen LogP contribution in [0.5, 0.6) is 0 Å². The number of aromatic nitrogens is 4. The van der Waals surface area contributed by atoms with Gasteiger partial charge in [0.05, 0.1) is 10.9 Å². The van der Waals surface area contributed by atoms with Gasteiger partial charge in [0, 0.05) is 64.3 Å². The second-order valence-corrected chi connectivity index (χ2v) is 11.0. The maximum atomic E-state index is 13.1. The monoisotopic (exact) mass is 529 g/mol. The van der Waals surface area contributed by atoms with Crippen molar-refractivity contribution in [1.82, 2.24) is 29.4 Å². The molecule has 9 nitrogen and oxygen atoms in total. The van der Waals surface area contributed by atoms with Crippen LogP contribution in [0.4, 0.5) is 5.69 Å². The minimum Gasteiger partial charge on any atom is -0.369 e. The van der Waals surface area contributed by atoms with Crippen molar-refractivity contribution in [1.29, 1.82) is 0 Å². The molecule has 1 saturated heterocycles. The van der Waals surface area contributed by atoms with Crippen molar-refractivity contribution in [3.63, 3.8) is 0 Å². The minimum absolute atomic E-state index is 0.000536. The summed E-state index contributed by atoms with van der Waals surface area (Å²) in [6.07, 6.45) is 0.768. The van der Waals surface area contributed by atoms with Crippen molar-refractivity contribution < 1.29 is 4.79 Å². The Balaban J connectivity index is 1.16. The number of nitrogens with one attached hydrogen (secondary N) is 1. The minimum atomic E-state index is -0.0571. The Morgan fingerprint density at radius 2 is 1.77 bits per heavy atom. The topological polar surface area (TPSA) is 87.8 Å². The van der Waals surface area contributed by atoms with Gasteiger partial charge in [-0.15, -0.1) is 10.2 Å². The molecule has 1 aliphatic heterocycles. The standard InChI is InChI=1S/C30H39N7O2/c1-21(2)20-36-29(39)24-9-5-6-10-26(24)37-27(32-33-30(36)37)12-13-28(38)31-14-15-34-16-18-35(19-17-34)25-11-7-8-22(3)23(25)4/h5-11,21H,12-20H2,1-4H3,(H,31,38). The molecule has 3 heterocycles. The van der Waals surface area contributed by atoms with Gasteiger partial charge < -0.3 is 10.2 Å². The molecule has 4 aromatic rings. The number of amides is 1. The predicted octanol–water partition coefficient (Wildman–Crippen LogP) is 3.19. The third kappa shape index (κ3) is 5.68. The fraction of sp³-hybridized carbons (Fsp3) is 0.467. The first-order chi connectivity index (χ1) is 18.8. The van der Waals surface area contributed by atoms with Crippen LogP contribution in [-0.2, 0) is 17.8 Å². The fourth-order valence-electron chi connectivity index (χ4n) is 5.46. The van der Waals surface area contributed by atoms with Crippen molar-refractivity contribution in [3.8, 4) is 0 Å². The van der Waals surface area contributed by atoms with Crippen LogP contribution >= 0.6 is 0 Å². The highest BCUT2D eigenvalue weighted by Gasteiger charge is 2.20. The van der Waals surface area contributed by atoms with E-state index in [2.05, 4.69) is 71.2 Å². The first kappa shape index (κ1) is 26.9. The van der Waals surface area contributed by atoms with E-state index in [-0.39, 0.29) is 17.4 Å². The van der Waals surface area contributed by atoms with Crippen LogP contribution in [-0.4, -0.2) is 69.2 Å². The Hall–Kier alpha value is -3.72. The van der Waals surface area contributed by atoms with Crippen LogP contribution < -0.4 is 15.8 Å². The summed E-state index contributed by atoms with van der Waals surface area (Å²) in [4.78, 5) is 30.7. The number of benzene rings is 2. The first-order valence-corrected chi connectivity index (χ1v) is 14.0. The van der Waals surface area contributed by atoms with E-state index < -0.39 is 0 Å². The molecule has 0 saturated carbocycles. The largest absolute Gasteiger partial charge is 0.369 e. The van der Waals surface area contributed by atoms with E-state index in [4.69, 9.17) is 0 Å². The number of anilines is 1. The zero-order valence-corrected chi connectivity index (χ0v) is 23.5. The SMILES string of the molecule is Cc1cccc(N2CCN(CCNC(=O)CCc3nnc4n(CC(C)C)c(=O)c5ccccc5n34)CC2)c1C. The number of nitrogens with zero attached hydrogens (tertiary/aromatic N) is 6. The number of carbonyl (C=O) groups is 1. The maximum Gasteiger partial charge on any atom is 0.262 e. The Morgan fingerprint density at radius 3 is 2.54 bits per heavy atom. The molecule has 0 atom stereocenters. The number of carbonyl (C=O) groups excluding carboxylic acids is 1. The Labute approximate surface area is 229 Å². The van der Waals surface area contributed by atoms with Gasteiger partial charge in [-0.05, 0) is 49.1 Å². The highest BCUT2D eigenvalue weighted by atomic mass is 16.1. The summed E-state index contributed by atoms with van der Waals surface area (Å²) in [7, 11) is 0. The van der Waals surface area contributed by atoms with E-state index >= 15 is 0 Å². The molecule has 0 radical (unpaired) electrons. The van der Waals surface area contributed by atoms with Crippen molar-refractivity contribution in [3.05, 3.63) is 69.8 Å². The molecular weight excluding hydrogens is 490 g/mol. The van der Waals surface area contributed by atoms with Gasteiger partial charge in [-0.1, -0.05) is 38.1 Å². The summed E-state index contributed by atoms with van der Waals surface area (Å²) in [5, 5.41) is 12.4. The van der Waals surface area contributed by atoms with Crippen LogP contribution in [0.3, 0.4) is 0 Å². The third-order valence-electron chi connectivity index (χ3n) is 7.74. The van der Waals surface area contributed by atoms with E-state index in [0.29, 0.717) is 42.9 Å². The summed E-state index contributed by atoms with van der Waals surface area (Å²) < 4.78 is 3.63. The third-order valence-corrected chi connectivity index (χ3v) is 7.74. The molecule has 206 valence electrons. The molecule has 2 aromatic heterocycles. The van der Waals surface area contributed by atoms with Crippen LogP contribution in [0.25, 0.3) is 16.7 Å². The summed E-state index contributed by atoms with van der Waals surface area (Å²) in [6.45, 7) is 14.5. The van der Waals surface area contributed by atoms with Crippen molar-refractivity contribution in [2.24, 2.45) is 5.92 Å². The fourth-order valence-corrected chi connectivity index (χ4v) is 5.46. The summed E-state index contributed by atoms with van der Waals surface area (Å²) in [5.41, 5.74) is 4.74. The Morgan fingerprint density at radius 1 is 1.00 bits per heavy atom. The molecule has 1 N–H and O–H groups in total. The molecule has 1 aliphatic rings. The van der Waals surface area contributed by atoms with E-state index in [0.717, 1.165) is 38.2 Å². The van der Waals surface area contributed by atoms with Crippen LogP contribution in [0.15, 0.2) is 47.3 Å². The molecule has 39 heavy (non-hydrogen) atoms. The van der Waals surface area contributed by atoms with Gasteiger partial charge in [0.1, 0.15) is 5.82 Å². The molecule has 0 aliphatic carbocycles. The Bertz CT molecular complexity index is 1530. The van der Waals surface area contributed by atoms with Gasteiger partial charge in [-0.25, -0.2) is 0 Å². The van der Waals surface area contributed by atoms with E-state index in [1.807, 2.05) is 28.7 Å². The second-order valence-electron chi connectivity index (χ2n) is 11.0. The number of hydrogen-bond donors (Lipinski definition) is 1. The number of fused-ring (bicyclic) bond motifs is 3. The van der Waals surface area contributed by atoms with Crippen LogP contribution in [0.1, 0.15) is 37.2 Å². The normalized spacial score (nSPS) is 14.5. The number of aryl methyl sites for hydroxylation is 2. The molecular formula is C30H39N7O2. The van der Waals surface area contributed by atoms with Gasteiger partial charge in [-0.3, -0.25) is 23.5 Å². The number of hydrogen-bond acceptors (Lipinski definition) is 6. The van der Waals surface area contributed by atoms with Gasteiger partial charge in [-0.2, -0.15) is 0 Å². The zero-order valence-electron chi connectivity index (χ0n) is 23.5. The molecule has 0 spiro atoms. The van der Waals surface area contributed by atoms with E-state index in [1.165, 1.54) is 16.8 Å². The average molecular weight is 530 g/mol.